The maximum Gasteiger partial charge on any atom is 2.00 e. The molecule has 0 heterocycles. The fraction of sp³-hybridized carbons (Fsp3) is 0.875. The van der Waals surface area contributed by atoms with E-state index in [2.05, 4.69) is 27.7 Å². The van der Waals surface area contributed by atoms with E-state index in [9.17, 15) is 0 Å². The molecule has 0 aromatic carbocycles. The molecule has 116 valence electrons. The fourth-order valence-corrected chi connectivity index (χ4v) is 1.47. The summed E-state index contributed by atoms with van der Waals surface area (Å²) in [6.07, 6.45) is 10.5. The molecule has 0 aliphatic carbocycles. The molecule has 0 rings (SSSR count). The third kappa shape index (κ3) is 66.2. The van der Waals surface area contributed by atoms with Gasteiger partial charge in [-0.2, -0.15) is 11.5 Å². The predicted molar refractivity (Wildman–Crippen MR) is 101 cm³/mol. The molecule has 0 aliphatic rings. The Morgan fingerprint density at radius 1 is 0.579 bits per heavy atom. The van der Waals surface area contributed by atoms with Crippen molar-refractivity contribution in [3.63, 3.8) is 0 Å². The van der Waals surface area contributed by atoms with Crippen molar-refractivity contribution in [3.05, 3.63) is 13.8 Å². The van der Waals surface area contributed by atoms with Gasteiger partial charge in [0.15, 0.2) is 0 Å². The van der Waals surface area contributed by atoms with E-state index in [0.717, 1.165) is 11.5 Å². The zero-order valence-electron chi connectivity index (χ0n) is 13.8. The van der Waals surface area contributed by atoms with Crippen LogP contribution in [0.2, 0.25) is 0 Å². The van der Waals surface area contributed by atoms with Gasteiger partial charge in [-0.1, -0.05) is 92.9 Å². The second kappa shape index (κ2) is 50.5. The summed E-state index contributed by atoms with van der Waals surface area (Å²) in [5.74, 6) is 1.89. The molecule has 3 heteroatoms. The summed E-state index contributed by atoms with van der Waals surface area (Å²) in [4.78, 5) is 0. The van der Waals surface area contributed by atoms with Crippen LogP contribution in [0.1, 0.15) is 79.1 Å². The van der Waals surface area contributed by atoms with Crippen LogP contribution in [0.25, 0.3) is 0 Å². The van der Waals surface area contributed by atoms with E-state index >= 15 is 0 Å². The van der Waals surface area contributed by atoms with E-state index in [1.165, 1.54) is 51.4 Å². The van der Waals surface area contributed by atoms with Gasteiger partial charge in [0.2, 0.25) is 0 Å². The first-order chi connectivity index (χ1) is 8.83. The van der Waals surface area contributed by atoms with E-state index in [4.69, 9.17) is 25.3 Å². The van der Waals surface area contributed by atoms with Gasteiger partial charge in [-0.3, -0.25) is 0 Å². The van der Waals surface area contributed by atoms with Crippen LogP contribution >= 0.6 is 0 Å². The second-order valence-corrected chi connectivity index (χ2v) is 4.35. The van der Waals surface area contributed by atoms with E-state index in [-0.39, 0.29) is 23.9 Å². The average molecular weight is 411 g/mol. The Hall–Kier alpha value is 1.50. The molecular weight excluding hydrogens is 375 g/mol. The number of rotatable bonds is 8. The zero-order valence-corrected chi connectivity index (χ0v) is 18.3. The molecule has 0 nitrogen and oxygen atoms in total. The summed E-state index contributed by atoms with van der Waals surface area (Å²) in [6, 6.07) is 0. The first kappa shape index (κ1) is 32.4. The molecule has 0 bridgehead atoms. The minimum absolute atomic E-state index is 0. The van der Waals surface area contributed by atoms with Crippen LogP contribution in [0.5, 0.6) is 0 Å². The van der Waals surface area contributed by atoms with Crippen LogP contribution < -0.4 is 0 Å². The Kier molecular flexibility index (Phi) is 86.2. The Bertz CT molecular complexity index is 63.1. The second-order valence-electron chi connectivity index (χ2n) is 3.53. The molecule has 0 saturated heterocycles. The molecule has 4 radical (unpaired) electrons. The SMILES string of the molecule is CCCCCC[S-].CCCCCC[S-].[CH2]C.[CH2]C.[Sn+2]. The summed E-state index contributed by atoms with van der Waals surface area (Å²) in [6.45, 7) is 14.4. The first-order valence-corrected chi connectivity index (χ1v) is 8.56. The third-order valence-electron chi connectivity index (χ3n) is 2.00. The van der Waals surface area contributed by atoms with Crippen LogP contribution in [0, 0.1) is 13.8 Å². The van der Waals surface area contributed by atoms with Crippen molar-refractivity contribution in [2.24, 2.45) is 0 Å². The van der Waals surface area contributed by atoms with Crippen molar-refractivity contribution < 1.29 is 0 Å². The van der Waals surface area contributed by atoms with Gasteiger partial charge in [0, 0.05) is 0 Å². The van der Waals surface area contributed by atoms with Gasteiger partial charge in [-0.15, -0.1) is 0 Å². The standard InChI is InChI=1S/2C6H14S.2C2H5.Sn/c2*1-2-3-4-5-6-7;2*1-2;/h2*7H,2-6H2,1H3;2*1H2,2H3;/q;;;;+2/p-2. The normalized spacial score (nSPS) is 7.58. The minimum Gasteiger partial charge on any atom is -0.793 e. The molecule has 0 amide bonds. The van der Waals surface area contributed by atoms with Gasteiger partial charge < -0.3 is 25.3 Å². The molecule has 0 aromatic rings. The monoisotopic (exact) mass is 412 g/mol. The molecule has 0 N–H and O–H groups in total. The Balaban J connectivity index is -0.0000000522. The van der Waals surface area contributed by atoms with Gasteiger partial charge in [0.05, 0.1) is 0 Å². The van der Waals surface area contributed by atoms with Gasteiger partial charge in [-0.25, -0.2) is 0 Å². The number of hydrogen-bond donors (Lipinski definition) is 0. The number of unbranched alkanes of at least 4 members (excludes halogenated alkanes) is 6. The summed E-state index contributed by atoms with van der Waals surface area (Å²) in [5.41, 5.74) is 0. The van der Waals surface area contributed by atoms with E-state index in [0.29, 0.717) is 0 Å². The van der Waals surface area contributed by atoms with Gasteiger partial charge in [0.25, 0.3) is 0 Å². The topological polar surface area (TPSA) is 0 Å². The van der Waals surface area contributed by atoms with Crippen LogP contribution in [0.3, 0.4) is 0 Å². The molecule has 0 fully saturated rings. The van der Waals surface area contributed by atoms with Crippen molar-refractivity contribution in [1.29, 1.82) is 0 Å². The first-order valence-electron chi connectivity index (χ1n) is 7.41. The van der Waals surface area contributed by atoms with Gasteiger partial charge in [0.1, 0.15) is 0 Å². The molecule has 0 saturated carbocycles. The van der Waals surface area contributed by atoms with E-state index in [1.54, 1.807) is 13.8 Å². The predicted octanol–water partition coefficient (Wildman–Crippen LogP) is 5.53. The van der Waals surface area contributed by atoms with Crippen LogP contribution in [-0.2, 0) is 25.3 Å². The maximum absolute atomic E-state index is 4.77. The third-order valence-corrected chi connectivity index (χ3v) is 2.57. The summed E-state index contributed by atoms with van der Waals surface area (Å²) in [5, 5.41) is 0. The quantitative estimate of drug-likeness (QED) is 0.293. The maximum atomic E-state index is 4.77. The average Bonchev–Trinajstić information content (AvgIpc) is 2.45. The van der Waals surface area contributed by atoms with Crippen molar-refractivity contribution in [1.82, 2.24) is 0 Å². The van der Waals surface area contributed by atoms with Crippen LogP contribution in [0.15, 0.2) is 0 Å². The zero-order chi connectivity index (χ0) is 15.1. The Labute approximate surface area is 153 Å². The smallest absolute Gasteiger partial charge is 0.793 e. The molecule has 0 aromatic heterocycles. The molecule has 19 heavy (non-hydrogen) atoms. The van der Waals surface area contributed by atoms with Crippen molar-refractivity contribution in [2.75, 3.05) is 11.5 Å². The van der Waals surface area contributed by atoms with Crippen molar-refractivity contribution >= 4 is 49.2 Å². The fourth-order valence-electron chi connectivity index (χ4n) is 1.06. The van der Waals surface area contributed by atoms with Gasteiger partial charge in [-0.05, 0) is 0 Å². The summed E-state index contributed by atoms with van der Waals surface area (Å²) < 4.78 is 0. The van der Waals surface area contributed by atoms with Crippen LogP contribution in [-0.4, -0.2) is 35.4 Å². The Morgan fingerprint density at radius 3 is 1.00 bits per heavy atom. The Morgan fingerprint density at radius 2 is 0.842 bits per heavy atom. The largest absolute Gasteiger partial charge is 2.00 e. The molecule has 0 atom stereocenters. The number of hydrogen-bond acceptors (Lipinski definition) is 2. The summed E-state index contributed by atoms with van der Waals surface area (Å²) >= 11 is 9.53. The van der Waals surface area contributed by atoms with Gasteiger partial charge >= 0.3 is 23.9 Å². The molecule has 0 spiro atoms. The minimum atomic E-state index is 0. The van der Waals surface area contributed by atoms with E-state index in [1.807, 2.05) is 0 Å². The van der Waals surface area contributed by atoms with Crippen molar-refractivity contribution in [3.8, 4) is 0 Å². The molecular formula is C16H36S2Sn. The van der Waals surface area contributed by atoms with Crippen molar-refractivity contribution in [2.45, 2.75) is 79.1 Å². The molecule has 0 unspecified atom stereocenters. The van der Waals surface area contributed by atoms with Crippen LogP contribution in [0.4, 0.5) is 0 Å². The molecule has 0 aliphatic heterocycles. The summed E-state index contributed by atoms with van der Waals surface area (Å²) in [7, 11) is 0. The van der Waals surface area contributed by atoms with E-state index < -0.39 is 0 Å².